The van der Waals surface area contributed by atoms with Gasteiger partial charge in [0.15, 0.2) is 0 Å². The van der Waals surface area contributed by atoms with E-state index in [0.29, 0.717) is 17.6 Å². The van der Waals surface area contributed by atoms with E-state index in [-0.39, 0.29) is 6.04 Å². The molecular formula is C13H16BrN3O. The molecule has 0 unspecified atom stereocenters. The quantitative estimate of drug-likeness (QED) is 0.938. The second kappa shape index (κ2) is 5.63. The highest BCUT2D eigenvalue weighted by Gasteiger charge is 2.16. The van der Waals surface area contributed by atoms with Crippen molar-refractivity contribution in [1.82, 2.24) is 10.1 Å². The van der Waals surface area contributed by atoms with Crippen molar-refractivity contribution in [2.45, 2.75) is 26.3 Å². The summed E-state index contributed by atoms with van der Waals surface area (Å²) in [4.78, 5) is 4.35. The molecule has 1 heterocycles. The summed E-state index contributed by atoms with van der Waals surface area (Å²) in [7, 11) is 0. The molecule has 96 valence electrons. The smallest absolute Gasteiger partial charge is 0.243 e. The van der Waals surface area contributed by atoms with Gasteiger partial charge < -0.3 is 10.3 Å². The molecule has 0 saturated heterocycles. The van der Waals surface area contributed by atoms with Crippen LogP contribution in [0.2, 0.25) is 0 Å². The van der Waals surface area contributed by atoms with Gasteiger partial charge in [0.05, 0.1) is 6.04 Å². The summed E-state index contributed by atoms with van der Waals surface area (Å²) >= 11 is 3.39. The van der Waals surface area contributed by atoms with Crippen molar-refractivity contribution in [3.63, 3.8) is 0 Å². The molecule has 2 N–H and O–H groups in total. The molecule has 0 fully saturated rings. The van der Waals surface area contributed by atoms with E-state index < -0.39 is 0 Å². The predicted molar refractivity (Wildman–Crippen MR) is 73.8 cm³/mol. The van der Waals surface area contributed by atoms with Gasteiger partial charge >= 0.3 is 0 Å². The topological polar surface area (TPSA) is 64.9 Å². The van der Waals surface area contributed by atoms with Gasteiger partial charge in [-0.15, -0.1) is 0 Å². The van der Waals surface area contributed by atoms with Gasteiger partial charge in [-0.3, -0.25) is 0 Å². The number of nitrogens with two attached hydrogens (primary N) is 1. The van der Waals surface area contributed by atoms with Gasteiger partial charge in [0.1, 0.15) is 0 Å². The lowest BCUT2D eigenvalue weighted by atomic mass is 10.0. The van der Waals surface area contributed by atoms with Crippen molar-refractivity contribution >= 4 is 15.9 Å². The van der Waals surface area contributed by atoms with E-state index in [1.165, 1.54) is 0 Å². The van der Waals surface area contributed by atoms with Crippen LogP contribution in [0.3, 0.4) is 0 Å². The SMILES string of the molecule is CC(C)C[C@H](N)c1nc(-c2ccc(Br)cc2)no1. The Bertz CT molecular complexity index is 507. The van der Waals surface area contributed by atoms with Crippen LogP contribution in [0.4, 0.5) is 0 Å². The van der Waals surface area contributed by atoms with Crippen molar-refractivity contribution in [3.8, 4) is 11.4 Å². The normalized spacial score (nSPS) is 12.9. The third-order valence-electron chi connectivity index (χ3n) is 2.59. The monoisotopic (exact) mass is 309 g/mol. The standard InChI is InChI=1S/C13H16BrN3O/c1-8(2)7-11(15)13-16-12(17-18-13)9-3-5-10(14)6-4-9/h3-6,8,11H,7,15H2,1-2H3/t11-/m0/s1. The Kier molecular flexibility index (Phi) is 4.14. The van der Waals surface area contributed by atoms with E-state index in [1.807, 2.05) is 24.3 Å². The van der Waals surface area contributed by atoms with Crippen molar-refractivity contribution < 1.29 is 4.52 Å². The summed E-state index contributed by atoms with van der Waals surface area (Å²) < 4.78 is 6.23. The maximum absolute atomic E-state index is 6.01. The molecule has 2 aromatic rings. The minimum Gasteiger partial charge on any atom is -0.337 e. The van der Waals surface area contributed by atoms with Crippen LogP contribution in [0, 0.1) is 5.92 Å². The largest absolute Gasteiger partial charge is 0.337 e. The minimum atomic E-state index is -0.193. The third-order valence-corrected chi connectivity index (χ3v) is 3.12. The number of aromatic nitrogens is 2. The highest BCUT2D eigenvalue weighted by Crippen LogP contribution is 2.22. The fraction of sp³-hybridized carbons (Fsp3) is 0.385. The average molecular weight is 310 g/mol. The molecule has 0 aliphatic heterocycles. The second-order valence-electron chi connectivity index (χ2n) is 4.70. The Hall–Kier alpha value is -1.20. The van der Waals surface area contributed by atoms with Crippen LogP contribution in [-0.4, -0.2) is 10.1 Å². The molecule has 1 aromatic heterocycles. The third kappa shape index (κ3) is 3.17. The molecule has 0 saturated carbocycles. The maximum Gasteiger partial charge on any atom is 0.243 e. The van der Waals surface area contributed by atoms with Crippen LogP contribution in [0.5, 0.6) is 0 Å². The highest BCUT2D eigenvalue weighted by molar-refractivity contribution is 9.10. The van der Waals surface area contributed by atoms with Gasteiger partial charge in [-0.1, -0.05) is 34.9 Å². The summed E-state index contributed by atoms with van der Waals surface area (Å²) in [6.45, 7) is 4.23. The van der Waals surface area contributed by atoms with Crippen molar-refractivity contribution in [1.29, 1.82) is 0 Å². The molecule has 1 aromatic carbocycles. The Morgan fingerprint density at radius 1 is 1.28 bits per heavy atom. The van der Waals surface area contributed by atoms with Gasteiger partial charge in [0.2, 0.25) is 11.7 Å². The molecular weight excluding hydrogens is 294 g/mol. The van der Waals surface area contributed by atoms with Crippen LogP contribution >= 0.6 is 15.9 Å². The van der Waals surface area contributed by atoms with E-state index >= 15 is 0 Å². The van der Waals surface area contributed by atoms with E-state index in [9.17, 15) is 0 Å². The van der Waals surface area contributed by atoms with Gasteiger partial charge in [-0.2, -0.15) is 4.98 Å². The summed E-state index contributed by atoms with van der Waals surface area (Å²) in [5, 5.41) is 3.96. The number of halogens is 1. The Labute approximate surface area is 115 Å². The first-order valence-corrected chi connectivity index (χ1v) is 6.70. The van der Waals surface area contributed by atoms with Crippen LogP contribution in [0.1, 0.15) is 32.2 Å². The number of hydrogen-bond acceptors (Lipinski definition) is 4. The van der Waals surface area contributed by atoms with Gasteiger partial charge in [-0.05, 0) is 36.6 Å². The molecule has 0 spiro atoms. The molecule has 0 bridgehead atoms. The first kappa shape index (κ1) is 13.2. The van der Waals surface area contributed by atoms with Gasteiger partial charge in [0, 0.05) is 10.0 Å². The second-order valence-corrected chi connectivity index (χ2v) is 5.61. The zero-order valence-corrected chi connectivity index (χ0v) is 12.0. The highest BCUT2D eigenvalue weighted by atomic mass is 79.9. The van der Waals surface area contributed by atoms with E-state index in [4.69, 9.17) is 10.3 Å². The molecule has 4 nitrogen and oxygen atoms in total. The van der Waals surface area contributed by atoms with E-state index in [2.05, 4.69) is 39.9 Å². The molecule has 0 aliphatic carbocycles. The summed E-state index contributed by atoms with van der Waals surface area (Å²) in [5.74, 6) is 1.58. The maximum atomic E-state index is 6.01. The van der Waals surface area contributed by atoms with Gasteiger partial charge in [-0.25, -0.2) is 0 Å². The molecule has 5 heteroatoms. The van der Waals surface area contributed by atoms with Crippen LogP contribution in [0.15, 0.2) is 33.3 Å². The first-order chi connectivity index (χ1) is 8.56. The molecule has 0 radical (unpaired) electrons. The molecule has 18 heavy (non-hydrogen) atoms. The first-order valence-electron chi connectivity index (χ1n) is 5.91. The Morgan fingerprint density at radius 2 is 1.94 bits per heavy atom. The van der Waals surface area contributed by atoms with Gasteiger partial charge in [0.25, 0.3) is 0 Å². The van der Waals surface area contributed by atoms with E-state index in [1.54, 1.807) is 0 Å². The zero-order valence-electron chi connectivity index (χ0n) is 10.4. The molecule has 0 aliphatic rings. The van der Waals surface area contributed by atoms with Crippen molar-refractivity contribution in [3.05, 3.63) is 34.6 Å². The summed E-state index contributed by atoms with van der Waals surface area (Å²) in [5.41, 5.74) is 6.93. The van der Waals surface area contributed by atoms with Crippen molar-refractivity contribution in [2.24, 2.45) is 11.7 Å². The lowest BCUT2D eigenvalue weighted by Gasteiger charge is -2.08. The fourth-order valence-electron chi connectivity index (χ4n) is 1.71. The summed E-state index contributed by atoms with van der Waals surface area (Å²) in [6, 6.07) is 7.57. The number of nitrogens with zero attached hydrogens (tertiary/aromatic N) is 2. The van der Waals surface area contributed by atoms with Crippen LogP contribution in [0.25, 0.3) is 11.4 Å². The van der Waals surface area contributed by atoms with Crippen LogP contribution in [-0.2, 0) is 0 Å². The lowest BCUT2D eigenvalue weighted by Crippen LogP contribution is -2.13. The number of benzene rings is 1. The Balaban J connectivity index is 2.17. The summed E-state index contributed by atoms with van der Waals surface area (Å²) in [6.07, 6.45) is 0.835. The molecule has 1 atom stereocenters. The predicted octanol–water partition coefficient (Wildman–Crippen LogP) is 3.55. The number of rotatable bonds is 4. The average Bonchev–Trinajstić information content (AvgIpc) is 2.78. The molecule has 2 rings (SSSR count). The van der Waals surface area contributed by atoms with Crippen molar-refractivity contribution in [2.75, 3.05) is 0 Å². The number of hydrogen-bond donors (Lipinski definition) is 1. The van der Waals surface area contributed by atoms with E-state index in [0.717, 1.165) is 16.5 Å². The zero-order chi connectivity index (χ0) is 13.1. The molecule has 0 amide bonds. The lowest BCUT2D eigenvalue weighted by molar-refractivity contribution is 0.335. The minimum absolute atomic E-state index is 0.193. The van der Waals surface area contributed by atoms with Crippen LogP contribution < -0.4 is 5.73 Å². The Morgan fingerprint density at radius 3 is 2.56 bits per heavy atom. The fourth-order valence-corrected chi connectivity index (χ4v) is 1.98.